The van der Waals surface area contributed by atoms with E-state index in [0.717, 1.165) is 10.6 Å². The zero-order chi connectivity index (χ0) is 7.40. The third-order valence-electron chi connectivity index (χ3n) is 1.14. The molecule has 10 heavy (non-hydrogen) atoms. The van der Waals surface area contributed by atoms with E-state index in [1.807, 2.05) is 36.2 Å². The molecule has 1 aromatic rings. The number of hydrogen-bond donors (Lipinski definition) is 0. The molecule has 0 aromatic heterocycles. The molecule has 1 rings (SSSR count). The van der Waals surface area contributed by atoms with Gasteiger partial charge in [-0.15, -0.1) is 9.24 Å². The van der Waals surface area contributed by atoms with Gasteiger partial charge < -0.3 is 0 Å². The van der Waals surface area contributed by atoms with Crippen LogP contribution in [0.5, 0.6) is 0 Å². The molecule has 0 aliphatic heterocycles. The second-order valence-corrected chi connectivity index (χ2v) is 2.74. The highest BCUT2D eigenvalue weighted by molar-refractivity contribution is 7.21. The monoisotopic (exact) mass is 170 g/mol. The largest absolute Gasteiger partial charge is 0.114 e. The average Bonchev–Trinajstić information content (AvgIpc) is 1.88. The standard InChI is InChI=1S/C8H8ClP/c9-8-3-1-2-7(6-8)4-5-10/h1-6H,10H2. The van der Waals surface area contributed by atoms with Gasteiger partial charge in [0.2, 0.25) is 0 Å². The van der Waals surface area contributed by atoms with E-state index in [2.05, 4.69) is 9.24 Å². The Bertz CT molecular complexity index is 243. The molecule has 0 aliphatic carbocycles. The topological polar surface area (TPSA) is 0 Å². The number of benzene rings is 1. The van der Waals surface area contributed by atoms with Crippen molar-refractivity contribution >= 4 is 26.9 Å². The molecule has 0 nitrogen and oxygen atoms in total. The molecule has 0 heterocycles. The summed E-state index contributed by atoms with van der Waals surface area (Å²) in [7, 11) is 2.52. The Morgan fingerprint density at radius 1 is 1.40 bits per heavy atom. The maximum Gasteiger partial charge on any atom is 0.0411 e. The first-order chi connectivity index (χ1) is 4.83. The number of halogens is 1. The molecule has 0 saturated carbocycles. The van der Waals surface area contributed by atoms with Crippen molar-refractivity contribution < 1.29 is 0 Å². The summed E-state index contributed by atoms with van der Waals surface area (Å²) in [5.41, 5.74) is 1.13. The van der Waals surface area contributed by atoms with Crippen molar-refractivity contribution in [2.75, 3.05) is 0 Å². The van der Waals surface area contributed by atoms with Crippen molar-refractivity contribution in [3.05, 3.63) is 40.7 Å². The lowest BCUT2D eigenvalue weighted by atomic mass is 10.2. The summed E-state index contributed by atoms with van der Waals surface area (Å²) < 4.78 is 0. The molecule has 0 fully saturated rings. The van der Waals surface area contributed by atoms with E-state index in [9.17, 15) is 0 Å². The van der Waals surface area contributed by atoms with Crippen LogP contribution >= 0.6 is 20.8 Å². The molecule has 1 aromatic carbocycles. The van der Waals surface area contributed by atoms with Crippen LogP contribution in [0.4, 0.5) is 0 Å². The lowest BCUT2D eigenvalue weighted by Gasteiger charge is -1.91. The van der Waals surface area contributed by atoms with Gasteiger partial charge in [-0.2, -0.15) is 0 Å². The third kappa shape index (κ3) is 2.13. The van der Waals surface area contributed by atoms with Gasteiger partial charge in [-0.25, -0.2) is 0 Å². The number of hydrogen-bond acceptors (Lipinski definition) is 0. The maximum absolute atomic E-state index is 5.74. The summed E-state index contributed by atoms with van der Waals surface area (Å²) in [6, 6.07) is 7.72. The summed E-state index contributed by atoms with van der Waals surface area (Å²) in [5.74, 6) is 1.91. The Hall–Kier alpha value is -0.320. The molecule has 1 unspecified atom stereocenters. The summed E-state index contributed by atoms with van der Waals surface area (Å²) in [5, 5.41) is 0.778. The maximum atomic E-state index is 5.74. The Morgan fingerprint density at radius 2 is 2.20 bits per heavy atom. The van der Waals surface area contributed by atoms with Crippen LogP contribution in [0.2, 0.25) is 5.02 Å². The van der Waals surface area contributed by atoms with Gasteiger partial charge in [0, 0.05) is 5.02 Å². The van der Waals surface area contributed by atoms with Crippen LogP contribution in [0.1, 0.15) is 5.56 Å². The van der Waals surface area contributed by atoms with Crippen molar-refractivity contribution in [1.29, 1.82) is 0 Å². The second-order valence-electron chi connectivity index (χ2n) is 1.91. The minimum atomic E-state index is 0.778. The normalized spacial score (nSPS) is 10.6. The fraction of sp³-hybridized carbons (Fsp3) is 0. The summed E-state index contributed by atoms with van der Waals surface area (Å²) in [6.45, 7) is 0. The highest BCUT2D eigenvalue weighted by Gasteiger charge is 1.86. The molecule has 1 atom stereocenters. The van der Waals surface area contributed by atoms with Gasteiger partial charge in [0.05, 0.1) is 0 Å². The Morgan fingerprint density at radius 3 is 2.80 bits per heavy atom. The molecule has 0 aliphatic rings. The Labute approximate surface area is 68.1 Å². The zero-order valence-electron chi connectivity index (χ0n) is 5.42. The lowest BCUT2D eigenvalue weighted by molar-refractivity contribution is 1.66. The van der Waals surface area contributed by atoms with Gasteiger partial charge in [0.25, 0.3) is 0 Å². The van der Waals surface area contributed by atoms with Gasteiger partial charge in [-0.05, 0) is 17.7 Å². The molecular formula is C8H8ClP. The van der Waals surface area contributed by atoms with Crippen LogP contribution in [0.15, 0.2) is 30.1 Å². The number of rotatable bonds is 1. The highest BCUT2D eigenvalue weighted by atomic mass is 35.5. The molecular weight excluding hydrogens is 163 g/mol. The quantitative estimate of drug-likeness (QED) is 0.568. The van der Waals surface area contributed by atoms with Crippen LogP contribution < -0.4 is 0 Å². The molecule has 0 saturated heterocycles. The Kier molecular flexibility index (Phi) is 2.92. The van der Waals surface area contributed by atoms with Crippen molar-refractivity contribution in [2.24, 2.45) is 0 Å². The van der Waals surface area contributed by atoms with E-state index in [1.165, 1.54) is 0 Å². The molecule has 52 valence electrons. The van der Waals surface area contributed by atoms with E-state index in [1.54, 1.807) is 0 Å². The third-order valence-corrected chi connectivity index (χ3v) is 1.56. The Balaban J connectivity index is 2.95. The minimum Gasteiger partial charge on any atom is -0.114 e. The molecule has 0 N–H and O–H groups in total. The van der Waals surface area contributed by atoms with Crippen LogP contribution in [0, 0.1) is 0 Å². The van der Waals surface area contributed by atoms with Crippen molar-refractivity contribution in [2.45, 2.75) is 0 Å². The van der Waals surface area contributed by atoms with E-state index in [-0.39, 0.29) is 0 Å². The van der Waals surface area contributed by atoms with Crippen LogP contribution in [-0.2, 0) is 0 Å². The van der Waals surface area contributed by atoms with Crippen LogP contribution in [-0.4, -0.2) is 0 Å². The molecule has 0 amide bonds. The summed E-state index contributed by atoms with van der Waals surface area (Å²) >= 11 is 5.74. The van der Waals surface area contributed by atoms with Gasteiger partial charge in [0.1, 0.15) is 0 Å². The molecule has 0 spiro atoms. The summed E-state index contributed by atoms with van der Waals surface area (Å²) in [4.78, 5) is 0. The predicted octanol–water partition coefficient (Wildman–Crippen LogP) is 3.19. The molecule has 0 radical (unpaired) electrons. The average molecular weight is 171 g/mol. The van der Waals surface area contributed by atoms with E-state index in [0.29, 0.717) is 0 Å². The zero-order valence-corrected chi connectivity index (χ0v) is 7.33. The van der Waals surface area contributed by atoms with Gasteiger partial charge >= 0.3 is 0 Å². The van der Waals surface area contributed by atoms with Crippen molar-refractivity contribution in [3.8, 4) is 0 Å². The van der Waals surface area contributed by atoms with E-state index < -0.39 is 0 Å². The SMILES string of the molecule is PC=Cc1cccc(Cl)c1. The van der Waals surface area contributed by atoms with Crippen LogP contribution in [0.25, 0.3) is 6.08 Å². The molecule has 2 heteroatoms. The van der Waals surface area contributed by atoms with Crippen molar-refractivity contribution in [3.63, 3.8) is 0 Å². The lowest BCUT2D eigenvalue weighted by Crippen LogP contribution is -1.68. The van der Waals surface area contributed by atoms with Gasteiger partial charge in [0.15, 0.2) is 0 Å². The molecule has 0 bridgehead atoms. The van der Waals surface area contributed by atoms with Crippen LogP contribution in [0.3, 0.4) is 0 Å². The van der Waals surface area contributed by atoms with E-state index in [4.69, 9.17) is 11.6 Å². The summed E-state index contributed by atoms with van der Waals surface area (Å²) in [6.07, 6.45) is 1.98. The predicted molar refractivity (Wildman–Crippen MR) is 50.2 cm³/mol. The minimum absolute atomic E-state index is 0.778. The first-order valence-corrected chi connectivity index (χ1v) is 4.01. The second kappa shape index (κ2) is 3.75. The van der Waals surface area contributed by atoms with Gasteiger partial charge in [-0.1, -0.05) is 35.6 Å². The van der Waals surface area contributed by atoms with Crippen molar-refractivity contribution in [1.82, 2.24) is 0 Å². The first kappa shape index (κ1) is 7.78. The first-order valence-electron chi connectivity index (χ1n) is 2.97. The highest BCUT2D eigenvalue weighted by Crippen LogP contribution is 2.12. The van der Waals surface area contributed by atoms with E-state index >= 15 is 0 Å². The fourth-order valence-corrected chi connectivity index (χ4v) is 1.14. The van der Waals surface area contributed by atoms with Gasteiger partial charge in [-0.3, -0.25) is 0 Å². The fourth-order valence-electron chi connectivity index (χ4n) is 0.721. The smallest absolute Gasteiger partial charge is 0.0411 e.